The first kappa shape index (κ1) is 18.7. The van der Waals surface area contributed by atoms with Crippen LogP contribution in [0, 0.1) is 18.3 Å². The monoisotopic (exact) mass is 334 g/mol. The van der Waals surface area contributed by atoms with Gasteiger partial charge >= 0.3 is 0 Å². The topological polar surface area (TPSA) is 71.2 Å². The fourth-order valence-corrected chi connectivity index (χ4v) is 3.24. The third-order valence-corrected chi connectivity index (χ3v) is 4.33. The summed E-state index contributed by atoms with van der Waals surface area (Å²) in [5.74, 6) is 0.516. The van der Waals surface area contributed by atoms with Gasteiger partial charge in [0.2, 0.25) is 0 Å². The number of carbonyl (C=O) groups is 2. The number of aromatic nitrogens is 1. The number of Topliss-reactive ketones (excluding diaryl/α,β-unsaturated/α-hetero) is 1. The zero-order valence-electron chi connectivity index (χ0n) is 15.5. The number of rotatable bonds is 7. The van der Waals surface area contributed by atoms with Gasteiger partial charge < -0.3 is 15.0 Å². The molecule has 1 aromatic rings. The van der Waals surface area contributed by atoms with Gasteiger partial charge in [0.15, 0.2) is 5.78 Å². The van der Waals surface area contributed by atoms with Crippen molar-refractivity contribution in [3.05, 3.63) is 22.5 Å². The van der Waals surface area contributed by atoms with Crippen LogP contribution in [0.5, 0.6) is 0 Å². The van der Waals surface area contributed by atoms with Gasteiger partial charge in [0.05, 0.1) is 0 Å². The van der Waals surface area contributed by atoms with Crippen molar-refractivity contribution < 1.29 is 14.3 Å². The number of aromatic amines is 1. The van der Waals surface area contributed by atoms with Crippen molar-refractivity contribution in [2.45, 2.75) is 53.9 Å². The van der Waals surface area contributed by atoms with Gasteiger partial charge in [0.1, 0.15) is 5.69 Å². The Labute approximate surface area is 144 Å². The molecule has 0 saturated carbocycles. The van der Waals surface area contributed by atoms with Crippen LogP contribution in [0.3, 0.4) is 0 Å². The second kappa shape index (κ2) is 7.51. The van der Waals surface area contributed by atoms with Gasteiger partial charge in [-0.15, -0.1) is 0 Å². The number of nitrogens with one attached hydrogen (secondary N) is 2. The van der Waals surface area contributed by atoms with E-state index in [2.05, 4.69) is 38.0 Å². The number of H-pyrrole nitrogens is 1. The lowest BCUT2D eigenvalue weighted by atomic mass is 9.75. The van der Waals surface area contributed by atoms with Gasteiger partial charge in [-0.25, -0.2) is 0 Å². The van der Waals surface area contributed by atoms with E-state index in [0.717, 1.165) is 36.3 Å². The Balaban J connectivity index is 1.93. The first-order valence-electron chi connectivity index (χ1n) is 8.82. The summed E-state index contributed by atoms with van der Waals surface area (Å²) >= 11 is 0. The highest BCUT2D eigenvalue weighted by Gasteiger charge is 2.35. The highest BCUT2D eigenvalue weighted by Crippen LogP contribution is 2.36. The Morgan fingerprint density at radius 1 is 1.33 bits per heavy atom. The molecule has 0 aliphatic heterocycles. The van der Waals surface area contributed by atoms with Crippen molar-refractivity contribution in [2.75, 3.05) is 19.8 Å². The minimum Gasteiger partial charge on any atom is -0.381 e. The Bertz CT molecular complexity index is 614. The normalized spacial score (nSPS) is 16.3. The maximum atomic E-state index is 12.4. The van der Waals surface area contributed by atoms with Crippen molar-refractivity contribution in [1.82, 2.24) is 10.3 Å². The van der Waals surface area contributed by atoms with Crippen LogP contribution in [0.2, 0.25) is 0 Å². The molecule has 0 fully saturated rings. The van der Waals surface area contributed by atoms with Crippen LogP contribution >= 0.6 is 0 Å². The van der Waals surface area contributed by atoms with Crippen molar-refractivity contribution in [2.24, 2.45) is 11.3 Å². The second-order valence-corrected chi connectivity index (χ2v) is 8.00. The summed E-state index contributed by atoms with van der Waals surface area (Å²) in [6.45, 7) is 12.2. The minimum absolute atomic E-state index is 0.0527. The number of carbonyl (C=O) groups excluding carboxylic acids is 2. The first-order chi connectivity index (χ1) is 11.2. The lowest BCUT2D eigenvalue weighted by Gasteiger charge is -2.28. The lowest BCUT2D eigenvalue weighted by molar-refractivity contribution is 0.0906. The molecule has 0 saturated heterocycles. The molecular weight excluding hydrogens is 304 g/mol. The van der Waals surface area contributed by atoms with Crippen molar-refractivity contribution in [3.63, 3.8) is 0 Å². The summed E-state index contributed by atoms with van der Waals surface area (Å²) < 4.78 is 5.51. The predicted octanol–water partition coefficient (Wildman–Crippen LogP) is 3.27. The van der Waals surface area contributed by atoms with E-state index < -0.39 is 0 Å². The molecule has 1 aliphatic rings. The zero-order valence-corrected chi connectivity index (χ0v) is 15.5. The van der Waals surface area contributed by atoms with Crippen molar-refractivity contribution in [3.8, 4) is 0 Å². The van der Waals surface area contributed by atoms with E-state index in [4.69, 9.17) is 4.74 Å². The van der Waals surface area contributed by atoms with Gasteiger partial charge in [-0.3, -0.25) is 9.59 Å². The number of hydrogen-bond acceptors (Lipinski definition) is 3. The molecule has 0 atom stereocenters. The quantitative estimate of drug-likeness (QED) is 0.752. The molecule has 1 aliphatic carbocycles. The van der Waals surface area contributed by atoms with Gasteiger partial charge in [-0.05, 0) is 36.7 Å². The van der Waals surface area contributed by atoms with Crippen molar-refractivity contribution in [1.29, 1.82) is 0 Å². The smallest absolute Gasteiger partial charge is 0.268 e. The van der Waals surface area contributed by atoms with Crippen LogP contribution in [0.4, 0.5) is 0 Å². The Kier molecular flexibility index (Phi) is 5.86. The van der Waals surface area contributed by atoms with Crippen LogP contribution < -0.4 is 5.32 Å². The number of fused-ring (bicyclic) bond motifs is 1. The standard InChI is InChI=1S/C19H30N2O3/c1-12(2)11-24-8-6-7-20-18(23)17-13(3)16-14(21-17)9-19(4,5)10-15(16)22/h12,21H,6-11H2,1-5H3,(H,20,23). The molecule has 134 valence electrons. The molecule has 0 spiro atoms. The third-order valence-electron chi connectivity index (χ3n) is 4.33. The molecule has 2 rings (SSSR count). The molecule has 0 aromatic carbocycles. The van der Waals surface area contributed by atoms with E-state index in [1.165, 1.54) is 0 Å². The molecule has 2 N–H and O–H groups in total. The number of ketones is 1. The summed E-state index contributed by atoms with van der Waals surface area (Å²) in [4.78, 5) is 28.0. The van der Waals surface area contributed by atoms with Crippen LogP contribution in [0.15, 0.2) is 0 Å². The fraction of sp³-hybridized carbons (Fsp3) is 0.684. The van der Waals surface area contributed by atoms with Crippen LogP contribution in [-0.4, -0.2) is 36.4 Å². The SMILES string of the molecule is Cc1c(C(=O)NCCCOCC(C)C)[nH]c2c1C(=O)CC(C)(C)C2. The Hall–Kier alpha value is -1.62. The third kappa shape index (κ3) is 4.47. The average Bonchev–Trinajstić information content (AvgIpc) is 2.77. The molecule has 1 aromatic heterocycles. The largest absolute Gasteiger partial charge is 0.381 e. The molecule has 0 bridgehead atoms. The highest BCUT2D eigenvalue weighted by atomic mass is 16.5. The maximum Gasteiger partial charge on any atom is 0.268 e. The molecule has 1 amide bonds. The van der Waals surface area contributed by atoms with Gasteiger partial charge in [-0.2, -0.15) is 0 Å². The molecule has 5 heteroatoms. The molecule has 5 nitrogen and oxygen atoms in total. The van der Waals surface area contributed by atoms with Gasteiger partial charge in [-0.1, -0.05) is 27.7 Å². The summed E-state index contributed by atoms with van der Waals surface area (Å²) in [5, 5.41) is 2.91. The first-order valence-corrected chi connectivity index (χ1v) is 8.82. The average molecular weight is 334 g/mol. The molecular formula is C19H30N2O3. The van der Waals surface area contributed by atoms with E-state index in [1.54, 1.807) is 0 Å². The minimum atomic E-state index is -0.142. The van der Waals surface area contributed by atoms with Crippen LogP contribution in [-0.2, 0) is 11.2 Å². The summed E-state index contributed by atoms with van der Waals surface area (Å²) in [6, 6.07) is 0. The zero-order chi connectivity index (χ0) is 17.9. The number of hydrogen-bond donors (Lipinski definition) is 2. The van der Waals surface area contributed by atoms with Gasteiger partial charge in [0, 0.05) is 37.4 Å². The van der Waals surface area contributed by atoms with E-state index in [1.807, 2.05) is 6.92 Å². The fourth-order valence-electron chi connectivity index (χ4n) is 3.24. The lowest BCUT2D eigenvalue weighted by Crippen LogP contribution is -2.26. The number of ether oxygens (including phenoxy) is 1. The molecule has 1 heterocycles. The van der Waals surface area contributed by atoms with Crippen molar-refractivity contribution >= 4 is 11.7 Å². The summed E-state index contributed by atoms with van der Waals surface area (Å²) in [5.41, 5.74) is 2.87. The highest BCUT2D eigenvalue weighted by molar-refractivity contribution is 6.04. The van der Waals surface area contributed by atoms with Crippen LogP contribution in [0.1, 0.15) is 72.6 Å². The maximum absolute atomic E-state index is 12.4. The van der Waals surface area contributed by atoms with E-state index in [0.29, 0.717) is 31.2 Å². The van der Waals surface area contributed by atoms with E-state index >= 15 is 0 Å². The van der Waals surface area contributed by atoms with Gasteiger partial charge in [0.25, 0.3) is 5.91 Å². The molecule has 0 radical (unpaired) electrons. The van der Waals surface area contributed by atoms with E-state index in [-0.39, 0.29) is 17.1 Å². The summed E-state index contributed by atoms with van der Waals surface area (Å²) in [6.07, 6.45) is 2.11. The molecule has 0 unspecified atom stereocenters. The Morgan fingerprint density at radius 3 is 2.71 bits per heavy atom. The number of amides is 1. The molecule has 24 heavy (non-hydrogen) atoms. The van der Waals surface area contributed by atoms with Crippen LogP contribution in [0.25, 0.3) is 0 Å². The second-order valence-electron chi connectivity index (χ2n) is 8.00. The summed E-state index contributed by atoms with van der Waals surface area (Å²) in [7, 11) is 0. The Morgan fingerprint density at radius 2 is 2.04 bits per heavy atom. The predicted molar refractivity (Wildman–Crippen MR) is 94.6 cm³/mol. The van der Waals surface area contributed by atoms with E-state index in [9.17, 15) is 9.59 Å².